The van der Waals surface area contributed by atoms with Crippen LogP contribution in [0.5, 0.6) is 0 Å². The molecule has 0 radical (unpaired) electrons. The molecule has 0 unspecified atom stereocenters. The van der Waals surface area contributed by atoms with Gasteiger partial charge in [-0.25, -0.2) is 4.98 Å². The Balaban J connectivity index is 1.54. The van der Waals surface area contributed by atoms with Crippen molar-refractivity contribution < 1.29 is 9.53 Å². The molecule has 1 aromatic rings. The first kappa shape index (κ1) is 19.3. The fourth-order valence-corrected chi connectivity index (χ4v) is 3.89. The van der Waals surface area contributed by atoms with Crippen LogP contribution in [0.2, 0.25) is 0 Å². The maximum Gasteiger partial charge on any atom is 0.236 e. The number of amides is 1. The summed E-state index contributed by atoms with van der Waals surface area (Å²) >= 11 is 0. The number of carbonyl (C=O) groups excluding carboxylic acids is 1. The van der Waals surface area contributed by atoms with Crippen LogP contribution in [-0.2, 0) is 16.1 Å². The molecule has 0 spiro atoms. The van der Waals surface area contributed by atoms with E-state index >= 15 is 0 Å². The highest BCUT2D eigenvalue weighted by Crippen LogP contribution is 2.26. The molecular formula is C19H33N5O2. The molecule has 2 saturated heterocycles. The number of aryl methyl sites for hydroxylation is 1. The van der Waals surface area contributed by atoms with Gasteiger partial charge in [0.25, 0.3) is 0 Å². The molecule has 1 atom stereocenters. The number of imidazole rings is 1. The highest BCUT2D eigenvalue weighted by Gasteiger charge is 2.28. The van der Waals surface area contributed by atoms with Crippen molar-refractivity contribution >= 4 is 5.91 Å². The van der Waals surface area contributed by atoms with Crippen molar-refractivity contribution in [2.24, 2.45) is 0 Å². The Hall–Kier alpha value is -1.44. The quantitative estimate of drug-likeness (QED) is 0.720. The molecule has 0 aliphatic carbocycles. The molecule has 1 aromatic heterocycles. The molecule has 26 heavy (non-hydrogen) atoms. The Morgan fingerprint density at radius 3 is 2.88 bits per heavy atom. The third-order valence-corrected chi connectivity index (χ3v) is 5.35. The number of carbonyl (C=O) groups is 1. The van der Waals surface area contributed by atoms with E-state index in [-0.39, 0.29) is 5.91 Å². The van der Waals surface area contributed by atoms with E-state index in [0.717, 1.165) is 77.6 Å². The van der Waals surface area contributed by atoms with Crippen LogP contribution in [0.15, 0.2) is 12.4 Å². The van der Waals surface area contributed by atoms with Crippen LogP contribution in [0.3, 0.4) is 0 Å². The lowest BCUT2D eigenvalue weighted by molar-refractivity contribution is -0.134. The van der Waals surface area contributed by atoms with Gasteiger partial charge in [0, 0.05) is 51.0 Å². The molecule has 146 valence electrons. The van der Waals surface area contributed by atoms with Crippen molar-refractivity contribution in [2.45, 2.75) is 31.7 Å². The molecule has 2 aliphatic rings. The molecule has 7 heteroatoms. The molecule has 0 saturated carbocycles. The van der Waals surface area contributed by atoms with Crippen molar-refractivity contribution in [1.82, 2.24) is 24.3 Å². The molecule has 2 aliphatic heterocycles. The number of nitrogens with zero attached hydrogens (tertiary/aromatic N) is 5. The summed E-state index contributed by atoms with van der Waals surface area (Å²) in [6.07, 6.45) is 7.28. The summed E-state index contributed by atoms with van der Waals surface area (Å²) in [5, 5.41) is 0. The minimum Gasteiger partial charge on any atom is -0.379 e. The number of aromatic nitrogens is 2. The van der Waals surface area contributed by atoms with E-state index in [4.69, 9.17) is 4.74 Å². The fourth-order valence-electron chi connectivity index (χ4n) is 3.89. The second-order valence-electron chi connectivity index (χ2n) is 7.70. The summed E-state index contributed by atoms with van der Waals surface area (Å²) in [6, 6.07) is 0. The summed E-state index contributed by atoms with van der Waals surface area (Å²) in [5.41, 5.74) is 0. The summed E-state index contributed by atoms with van der Waals surface area (Å²) in [6.45, 7) is 7.46. The largest absolute Gasteiger partial charge is 0.379 e. The first-order valence-corrected chi connectivity index (χ1v) is 9.87. The van der Waals surface area contributed by atoms with E-state index in [2.05, 4.69) is 39.6 Å². The first-order valence-electron chi connectivity index (χ1n) is 9.87. The van der Waals surface area contributed by atoms with E-state index in [9.17, 15) is 4.79 Å². The van der Waals surface area contributed by atoms with E-state index in [1.165, 1.54) is 0 Å². The van der Waals surface area contributed by atoms with Crippen LogP contribution < -0.4 is 0 Å². The van der Waals surface area contributed by atoms with Crippen LogP contribution in [-0.4, -0.2) is 96.7 Å². The van der Waals surface area contributed by atoms with Gasteiger partial charge in [-0.1, -0.05) is 0 Å². The zero-order valence-corrected chi connectivity index (χ0v) is 16.3. The van der Waals surface area contributed by atoms with E-state index in [1.54, 1.807) is 0 Å². The normalized spacial score (nSPS) is 22.1. The number of rotatable bonds is 7. The van der Waals surface area contributed by atoms with Gasteiger partial charge in [-0.2, -0.15) is 0 Å². The molecule has 2 fully saturated rings. The summed E-state index contributed by atoms with van der Waals surface area (Å²) in [5.74, 6) is 1.75. The van der Waals surface area contributed by atoms with Gasteiger partial charge in [0.2, 0.25) is 5.91 Å². The first-order chi connectivity index (χ1) is 12.6. The Labute approximate surface area is 156 Å². The van der Waals surface area contributed by atoms with Crippen molar-refractivity contribution in [3.8, 4) is 0 Å². The summed E-state index contributed by atoms with van der Waals surface area (Å²) < 4.78 is 7.65. The predicted molar refractivity (Wildman–Crippen MR) is 101 cm³/mol. The number of ether oxygens (including phenoxy) is 1. The Bertz CT molecular complexity index is 568. The van der Waals surface area contributed by atoms with E-state index in [0.29, 0.717) is 12.5 Å². The second-order valence-corrected chi connectivity index (χ2v) is 7.70. The Morgan fingerprint density at radius 1 is 1.31 bits per heavy atom. The molecule has 0 aromatic carbocycles. The number of piperidine rings is 1. The van der Waals surface area contributed by atoms with Crippen LogP contribution >= 0.6 is 0 Å². The molecule has 3 heterocycles. The van der Waals surface area contributed by atoms with Gasteiger partial charge >= 0.3 is 0 Å². The van der Waals surface area contributed by atoms with Crippen LogP contribution in [0, 0.1) is 0 Å². The minimum atomic E-state index is 0.252. The number of likely N-dealkylation sites (tertiary alicyclic amines) is 1. The molecule has 7 nitrogen and oxygen atoms in total. The van der Waals surface area contributed by atoms with Gasteiger partial charge in [0.15, 0.2) is 0 Å². The van der Waals surface area contributed by atoms with Crippen LogP contribution in [0.1, 0.15) is 31.0 Å². The van der Waals surface area contributed by atoms with Gasteiger partial charge < -0.3 is 19.1 Å². The average Bonchev–Trinajstić information content (AvgIpc) is 3.11. The lowest BCUT2D eigenvalue weighted by Crippen LogP contribution is -2.47. The van der Waals surface area contributed by atoms with Gasteiger partial charge in [-0.3, -0.25) is 9.69 Å². The van der Waals surface area contributed by atoms with Gasteiger partial charge in [-0.15, -0.1) is 0 Å². The lowest BCUT2D eigenvalue weighted by Gasteiger charge is -2.35. The zero-order valence-electron chi connectivity index (χ0n) is 16.3. The van der Waals surface area contributed by atoms with Crippen molar-refractivity contribution in [3.63, 3.8) is 0 Å². The maximum absolute atomic E-state index is 12.7. The molecular weight excluding hydrogens is 330 g/mol. The lowest BCUT2D eigenvalue weighted by atomic mass is 9.97. The standard InChI is InChI=1S/C19H33N5O2/c1-21(2)7-4-9-23-10-6-20-19(23)17-5-3-8-24(15-17)18(25)16-22-11-13-26-14-12-22/h6,10,17H,3-5,7-9,11-16H2,1-2H3/t17-/m1/s1. The van der Waals surface area contributed by atoms with Gasteiger partial charge in [-0.05, 0) is 39.9 Å². The number of hydrogen-bond acceptors (Lipinski definition) is 5. The zero-order chi connectivity index (χ0) is 18.4. The van der Waals surface area contributed by atoms with Crippen molar-refractivity contribution in [2.75, 3.05) is 66.6 Å². The van der Waals surface area contributed by atoms with Gasteiger partial charge in [0.1, 0.15) is 5.82 Å². The van der Waals surface area contributed by atoms with E-state index < -0.39 is 0 Å². The summed E-state index contributed by atoms with van der Waals surface area (Å²) in [4.78, 5) is 23.8. The van der Waals surface area contributed by atoms with Crippen molar-refractivity contribution in [3.05, 3.63) is 18.2 Å². The smallest absolute Gasteiger partial charge is 0.236 e. The third kappa shape index (κ3) is 5.28. The molecule has 3 rings (SSSR count). The highest BCUT2D eigenvalue weighted by molar-refractivity contribution is 5.78. The monoisotopic (exact) mass is 363 g/mol. The molecule has 0 N–H and O–H groups in total. The minimum absolute atomic E-state index is 0.252. The van der Waals surface area contributed by atoms with Crippen LogP contribution in [0.25, 0.3) is 0 Å². The van der Waals surface area contributed by atoms with Crippen molar-refractivity contribution in [1.29, 1.82) is 0 Å². The Morgan fingerprint density at radius 2 is 2.12 bits per heavy atom. The molecule has 0 bridgehead atoms. The van der Waals surface area contributed by atoms with Gasteiger partial charge in [0.05, 0.1) is 19.8 Å². The SMILES string of the molecule is CN(C)CCCn1ccnc1[C@@H]1CCCN(C(=O)CN2CCOCC2)C1. The topological polar surface area (TPSA) is 53.8 Å². The van der Waals surface area contributed by atoms with Crippen LogP contribution in [0.4, 0.5) is 0 Å². The summed E-state index contributed by atoms with van der Waals surface area (Å²) in [7, 11) is 4.21. The van der Waals surface area contributed by atoms with E-state index in [1.807, 2.05) is 11.1 Å². The number of morpholine rings is 1. The second kappa shape index (κ2) is 9.48. The maximum atomic E-state index is 12.7. The predicted octanol–water partition coefficient (Wildman–Crippen LogP) is 0.873. The Kier molecular flexibility index (Phi) is 7.05. The highest BCUT2D eigenvalue weighted by atomic mass is 16.5. The number of hydrogen-bond donors (Lipinski definition) is 0. The molecule has 1 amide bonds. The average molecular weight is 364 g/mol. The fraction of sp³-hybridized carbons (Fsp3) is 0.789. The third-order valence-electron chi connectivity index (χ3n) is 5.35.